The highest BCUT2D eigenvalue weighted by molar-refractivity contribution is 5.36. The first kappa shape index (κ1) is 14.9. The summed E-state index contributed by atoms with van der Waals surface area (Å²) < 4.78 is 1.77. The zero-order valence-corrected chi connectivity index (χ0v) is 13.5. The molecule has 0 aliphatic carbocycles. The molecule has 1 fully saturated rings. The number of nitrogens with zero attached hydrogens (tertiary/aromatic N) is 6. The molecule has 0 aromatic carbocycles. The SMILES string of the molecule is Cc1cnc(N2CCC(O)(c3cn(C(C)C)nn3)C2)nc1C. The van der Waals surface area contributed by atoms with Crippen LogP contribution in [0.2, 0.25) is 0 Å². The standard InChI is InChI=1S/C15H22N6O/c1-10(2)21-8-13(18-19-21)15(22)5-6-20(9-15)14-16-7-11(3)12(4)17-14/h7-8,10,22H,5-6,9H2,1-4H3. The molecule has 0 bridgehead atoms. The van der Waals surface area contributed by atoms with Crippen LogP contribution in [0.25, 0.3) is 0 Å². The minimum absolute atomic E-state index is 0.227. The molecule has 22 heavy (non-hydrogen) atoms. The summed E-state index contributed by atoms with van der Waals surface area (Å²) >= 11 is 0. The van der Waals surface area contributed by atoms with E-state index in [0.29, 0.717) is 31.2 Å². The predicted molar refractivity (Wildman–Crippen MR) is 82.6 cm³/mol. The average molecular weight is 302 g/mol. The van der Waals surface area contributed by atoms with E-state index in [1.165, 1.54) is 0 Å². The molecule has 1 unspecified atom stereocenters. The monoisotopic (exact) mass is 302 g/mol. The number of β-amino-alcohol motifs (C(OH)–C–C–N with tert-alkyl or cyclic N) is 1. The lowest BCUT2D eigenvalue weighted by Gasteiger charge is -2.21. The van der Waals surface area contributed by atoms with E-state index >= 15 is 0 Å². The molecule has 0 amide bonds. The van der Waals surface area contributed by atoms with Crippen molar-refractivity contribution in [3.8, 4) is 0 Å². The Morgan fingerprint density at radius 1 is 1.32 bits per heavy atom. The van der Waals surface area contributed by atoms with Crippen molar-refractivity contribution in [2.75, 3.05) is 18.0 Å². The maximum atomic E-state index is 10.9. The van der Waals surface area contributed by atoms with Crippen LogP contribution in [-0.4, -0.2) is 43.2 Å². The molecule has 1 aliphatic heterocycles. The number of hydrogen-bond donors (Lipinski definition) is 1. The lowest BCUT2D eigenvalue weighted by atomic mass is 10.00. The summed E-state index contributed by atoms with van der Waals surface area (Å²) in [6.45, 7) is 9.17. The van der Waals surface area contributed by atoms with Crippen LogP contribution in [0.15, 0.2) is 12.4 Å². The zero-order chi connectivity index (χ0) is 15.9. The molecule has 7 heteroatoms. The first-order valence-electron chi connectivity index (χ1n) is 7.59. The van der Waals surface area contributed by atoms with E-state index in [4.69, 9.17) is 0 Å². The number of aryl methyl sites for hydroxylation is 2. The minimum Gasteiger partial charge on any atom is -0.381 e. The lowest BCUT2D eigenvalue weighted by Crippen LogP contribution is -2.32. The van der Waals surface area contributed by atoms with Crippen molar-refractivity contribution in [1.29, 1.82) is 0 Å². The van der Waals surface area contributed by atoms with E-state index in [1.807, 2.05) is 45.0 Å². The Morgan fingerprint density at radius 2 is 2.09 bits per heavy atom. The van der Waals surface area contributed by atoms with Crippen molar-refractivity contribution in [3.63, 3.8) is 0 Å². The molecule has 2 aromatic rings. The van der Waals surface area contributed by atoms with Crippen LogP contribution in [0.4, 0.5) is 5.95 Å². The molecule has 1 atom stereocenters. The average Bonchev–Trinajstić information content (AvgIpc) is 3.09. The van der Waals surface area contributed by atoms with Crippen LogP contribution in [0.3, 0.4) is 0 Å². The van der Waals surface area contributed by atoms with E-state index in [-0.39, 0.29) is 6.04 Å². The Morgan fingerprint density at radius 3 is 2.73 bits per heavy atom. The van der Waals surface area contributed by atoms with Gasteiger partial charge in [0.25, 0.3) is 0 Å². The van der Waals surface area contributed by atoms with Gasteiger partial charge in [-0.1, -0.05) is 5.21 Å². The molecule has 1 saturated heterocycles. The maximum absolute atomic E-state index is 10.9. The summed E-state index contributed by atoms with van der Waals surface area (Å²) in [7, 11) is 0. The van der Waals surface area contributed by atoms with Crippen LogP contribution in [-0.2, 0) is 5.60 Å². The van der Waals surface area contributed by atoms with Crippen molar-refractivity contribution >= 4 is 5.95 Å². The number of aliphatic hydroxyl groups is 1. The highest BCUT2D eigenvalue weighted by atomic mass is 16.3. The van der Waals surface area contributed by atoms with Gasteiger partial charge in [0.1, 0.15) is 11.3 Å². The summed E-state index contributed by atoms with van der Waals surface area (Å²) in [4.78, 5) is 10.9. The fourth-order valence-corrected chi connectivity index (χ4v) is 2.58. The van der Waals surface area contributed by atoms with Gasteiger partial charge < -0.3 is 10.0 Å². The lowest BCUT2D eigenvalue weighted by molar-refractivity contribution is 0.0558. The predicted octanol–water partition coefficient (Wildman–Crippen LogP) is 1.36. The van der Waals surface area contributed by atoms with Crippen molar-refractivity contribution < 1.29 is 5.11 Å². The topological polar surface area (TPSA) is 80.0 Å². The molecule has 2 aromatic heterocycles. The van der Waals surface area contributed by atoms with E-state index < -0.39 is 5.60 Å². The Labute approximate surface area is 130 Å². The minimum atomic E-state index is -0.991. The van der Waals surface area contributed by atoms with Gasteiger partial charge in [0.05, 0.1) is 12.7 Å². The van der Waals surface area contributed by atoms with Crippen LogP contribution >= 0.6 is 0 Å². The third-order valence-corrected chi connectivity index (χ3v) is 4.26. The molecule has 1 aliphatic rings. The molecule has 118 valence electrons. The van der Waals surface area contributed by atoms with Gasteiger partial charge >= 0.3 is 0 Å². The van der Waals surface area contributed by atoms with Crippen molar-refractivity contribution in [1.82, 2.24) is 25.0 Å². The Balaban J connectivity index is 1.81. The quantitative estimate of drug-likeness (QED) is 0.922. The second-order valence-corrected chi connectivity index (χ2v) is 6.32. The first-order chi connectivity index (χ1) is 10.4. The molecule has 3 heterocycles. The van der Waals surface area contributed by atoms with Gasteiger partial charge in [-0.3, -0.25) is 0 Å². The van der Waals surface area contributed by atoms with E-state index in [1.54, 1.807) is 4.68 Å². The van der Waals surface area contributed by atoms with Crippen molar-refractivity contribution in [2.24, 2.45) is 0 Å². The van der Waals surface area contributed by atoms with Gasteiger partial charge in [0.2, 0.25) is 5.95 Å². The van der Waals surface area contributed by atoms with E-state index in [2.05, 4.69) is 20.3 Å². The third-order valence-electron chi connectivity index (χ3n) is 4.26. The molecular weight excluding hydrogens is 280 g/mol. The Hall–Kier alpha value is -2.02. The van der Waals surface area contributed by atoms with E-state index in [9.17, 15) is 5.11 Å². The second-order valence-electron chi connectivity index (χ2n) is 6.32. The number of anilines is 1. The van der Waals surface area contributed by atoms with Gasteiger partial charge in [-0.25, -0.2) is 14.6 Å². The molecule has 1 N–H and O–H groups in total. The Bertz CT molecular complexity index is 682. The number of aromatic nitrogens is 5. The number of rotatable bonds is 3. The van der Waals surface area contributed by atoms with E-state index in [0.717, 1.165) is 11.3 Å². The largest absolute Gasteiger partial charge is 0.381 e. The molecule has 0 radical (unpaired) electrons. The smallest absolute Gasteiger partial charge is 0.225 e. The fourth-order valence-electron chi connectivity index (χ4n) is 2.58. The highest BCUT2D eigenvalue weighted by Crippen LogP contribution is 2.32. The van der Waals surface area contributed by atoms with Gasteiger partial charge in [0, 0.05) is 30.9 Å². The van der Waals surface area contributed by atoms with Crippen LogP contribution in [0, 0.1) is 13.8 Å². The fraction of sp³-hybridized carbons (Fsp3) is 0.600. The summed E-state index contributed by atoms with van der Waals surface area (Å²) in [5.41, 5.74) is 1.66. The molecule has 7 nitrogen and oxygen atoms in total. The summed E-state index contributed by atoms with van der Waals surface area (Å²) in [5.74, 6) is 0.662. The molecular formula is C15H22N6O. The van der Waals surface area contributed by atoms with Gasteiger partial charge in [-0.15, -0.1) is 5.10 Å². The second kappa shape index (κ2) is 5.31. The molecule has 0 saturated carbocycles. The highest BCUT2D eigenvalue weighted by Gasteiger charge is 2.41. The van der Waals surface area contributed by atoms with Crippen LogP contribution in [0.1, 0.15) is 43.3 Å². The first-order valence-corrected chi connectivity index (χ1v) is 7.59. The maximum Gasteiger partial charge on any atom is 0.225 e. The van der Waals surface area contributed by atoms with Crippen LogP contribution < -0.4 is 4.90 Å². The van der Waals surface area contributed by atoms with Crippen molar-refractivity contribution in [3.05, 3.63) is 29.3 Å². The zero-order valence-electron chi connectivity index (χ0n) is 13.5. The molecule has 0 spiro atoms. The summed E-state index contributed by atoms with van der Waals surface area (Å²) in [6.07, 6.45) is 4.25. The summed E-state index contributed by atoms with van der Waals surface area (Å²) in [6, 6.07) is 0.227. The van der Waals surface area contributed by atoms with Crippen molar-refractivity contribution in [2.45, 2.75) is 45.8 Å². The summed E-state index contributed by atoms with van der Waals surface area (Å²) in [5, 5.41) is 19.1. The van der Waals surface area contributed by atoms with Gasteiger partial charge in [-0.05, 0) is 33.3 Å². The van der Waals surface area contributed by atoms with Gasteiger partial charge in [-0.2, -0.15) is 0 Å². The normalized spacial score (nSPS) is 21.8. The third kappa shape index (κ3) is 2.56. The Kier molecular flexibility index (Phi) is 3.60. The number of hydrogen-bond acceptors (Lipinski definition) is 6. The van der Waals surface area contributed by atoms with Crippen LogP contribution in [0.5, 0.6) is 0 Å². The van der Waals surface area contributed by atoms with Gasteiger partial charge in [0.15, 0.2) is 0 Å². The molecule has 3 rings (SSSR count).